The first kappa shape index (κ1) is 17.2. The number of aryl methyl sites for hydroxylation is 2. The van der Waals surface area contributed by atoms with Gasteiger partial charge in [0, 0.05) is 0 Å². The first-order chi connectivity index (χ1) is 14.7. The second kappa shape index (κ2) is 6.43. The normalized spacial score (nSPS) is 11.7. The number of rotatable bonds is 2. The van der Waals surface area contributed by atoms with Gasteiger partial charge in [-0.3, -0.25) is 0 Å². The molecule has 0 saturated heterocycles. The van der Waals surface area contributed by atoms with Gasteiger partial charge in [-0.05, 0) is 79.5 Å². The van der Waals surface area contributed by atoms with Crippen molar-refractivity contribution in [3.63, 3.8) is 0 Å². The summed E-state index contributed by atoms with van der Waals surface area (Å²) in [6, 6.07) is 35.5. The first-order valence-corrected chi connectivity index (χ1v) is 10.5. The summed E-state index contributed by atoms with van der Waals surface area (Å²) in [4.78, 5) is 0. The Labute approximate surface area is 176 Å². The zero-order valence-corrected chi connectivity index (χ0v) is 17.2. The highest BCUT2D eigenvalue weighted by molar-refractivity contribution is 6.28. The molecule has 6 rings (SSSR count). The van der Waals surface area contributed by atoms with Gasteiger partial charge in [0.05, 0.1) is 0 Å². The van der Waals surface area contributed by atoms with Crippen LogP contribution < -0.4 is 0 Å². The zero-order valence-electron chi connectivity index (χ0n) is 17.2. The summed E-state index contributed by atoms with van der Waals surface area (Å²) in [5.74, 6) is 0. The zero-order chi connectivity index (χ0) is 20.2. The van der Waals surface area contributed by atoms with Crippen molar-refractivity contribution in [2.24, 2.45) is 0 Å². The van der Waals surface area contributed by atoms with Gasteiger partial charge in [0.15, 0.2) is 0 Å². The van der Waals surface area contributed by atoms with E-state index < -0.39 is 0 Å². The summed E-state index contributed by atoms with van der Waals surface area (Å²) in [6.07, 6.45) is 0. The second-order valence-electron chi connectivity index (χ2n) is 8.29. The van der Waals surface area contributed by atoms with Crippen LogP contribution in [0.2, 0.25) is 0 Å². The van der Waals surface area contributed by atoms with E-state index in [-0.39, 0.29) is 0 Å². The summed E-state index contributed by atoms with van der Waals surface area (Å²) in [6.45, 7) is 4.48. The van der Waals surface area contributed by atoms with Gasteiger partial charge < -0.3 is 0 Å². The van der Waals surface area contributed by atoms with Gasteiger partial charge in [0.25, 0.3) is 0 Å². The molecule has 0 radical (unpaired) electrons. The molecule has 0 saturated carbocycles. The Hall–Kier alpha value is -3.64. The molecule has 0 nitrogen and oxygen atoms in total. The summed E-state index contributed by atoms with van der Waals surface area (Å²) in [5, 5.41) is 8.17. The number of hydrogen-bond donors (Lipinski definition) is 0. The van der Waals surface area contributed by atoms with Crippen LogP contribution in [0.4, 0.5) is 0 Å². The lowest BCUT2D eigenvalue weighted by Crippen LogP contribution is -1.93. The van der Waals surface area contributed by atoms with Crippen molar-refractivity contribution in [2.75, 3.05) is 0 Å². The van der Waals surface area contributed by atoms with Gasteiger partial charge in [-0.15, -0.1) is 0 Å². The Bertz CT molecular complexity index is 1410. The van der Waals surface area contributed by atoms with E-state index in [0.29, 0.717) is 0 Å². The van der Waals surface area contributed by atoms with Crippen LogP contribution in [-0.4, -0.2) is 0 Å². The standard InChI is InChI=1S/C30H22/c1-19-17-27(21-9-5-3-6-10-21)25-15-16-26-28(22-11-7-4-8-12-22)18-20(2)24-14-13-23(19)29(25)30(24)26/h3-18H,1-2H3. The second-order valence-corrected chi connectivity index (χ2v) is 8.29. The van der Waals surface area contributed by atoms with E-state index in [1.54, 1.807) is 0 Å². The maximum Gasteiger partial charge on any atom is -0.00176 e. The smallest absolute Gasteiger partial charge is 0.00176 e. The van der Waals surface area contributed by atoms with Crippen LogP contribution in [0, 0.1) is 13.8 Å². The third-order valence-electron chi connectivity index (χ3n) is 6.48. The molecule has 0 N–H and O–H groups in total. The minimum Gasteiger partial charge on any atom is -0.0622 e. The average Bonchev–Trinajstić information content (AvgIpc) is 2.80. The molecule has 0 heterocycles. The molecule has 0 aliphatic heterocycles. The van der Waals surface area contributed by atoms with Crippen LogP contribution in [0.3, 0.4) is 0 Å². The monoisotopic (exact) mass is 382 g/mol. The van der Waals surface area contributed by atoms with Crippen molar-refractivity contribution < 1.29 is 0 Å². The van der Waals surface area contributed by atoms with E-state index in [1.165, 1.54) is 65.7 Å². The molecule has 6 aromatic rings. The SMILES string of the molecule is Cc1cc(-c2ccccc2)c2ccc3c(-c4ccccc4)cc(C)c4ccc1c2c43. The molecule has 0 unspecified atom stereocenters. The summed E-state index contributed by atoms with van der Waals surface area (Å²) in [5.41, 5.74) is 7.85. The molecule has 0 fully saturated rings. The molecule has 142 valence electrons. The average molecular weight is 383 g/mol. The molecule has 0 bridgehead atoms. The van der Waals surface area contributed by atoms with Gasteiger partial charge in [-0.25, -0.2) is 0 Å². The summed E-state index contributed by atoms with van der Waals surface area (Å²) >= 11 is 0. The fourth-order valence-corrected chi connectivity index (χ4v) is 5.06. The highest BCUT2D eigenvalue weighted by Crippen LogP contribution is 2.44. The molecule has 0 heteroatoms. The van der Waals surface area contributed by atoms with Crippen LogP contribution in [0.15, 0.2) is 97.1 Å². The van der Waals surface area contributed by atoms with Gasteiger partial charge >= 0.3 is 0 Å². The van der Waals surface area contributed by atoms with Gasteiger partial charge in [0.1, 0.15) is 0 Å². The first-order valence-electron chi connectivity index (χ1n) is 10.5. The third kappa shape index (κ3) is 2.40. The minimum absolute atomic E-state index is 1.28. The largest absolute Gasteiger partial charge is 0.0622 e. The lowest BCUT2D eigenvalue weighted by atomic mass is 9.84. The Kier molecular flexibility index (Phi) is 3.70. The quantitative estimate of drug-likeness (QED) is 0.263. The fourth-order valence-electron chi connectivity index (χ4n) is 5.06. The van der Waals surface area contributed by atoms with Crippen molar-refractivity contribution in [1.29, 1.82) is 0 Å². The molecular weight excluding hydrogens is 360 g/mol. The molecule has 30 heavy (non-hydrogen) atoms. The van der Waals surface area contributed by atoms with Gasteiger partial charge in [-0.1, -0.05) is 97.1 Å². The highest BCUT2D eigenvalue weighted by Gasteiger charge is 2.17. The Balaban J connectivity index is 1.83. The highest BCUT2D eigenvalue weighted by atomic mass is 14.2. The van der Waals surface area contributed by atoms with Crippen LogP contribution >= 0.6 is 0 Å². The summed E-state index contributed by atoms with van der Waals surface area (Å²) in [7, 11) is 0. The number of hydrogen-bond acceptors (Lipinski definition) is 0. The van der Waals surface area contributed by atoms with Gasteiger partial charge in [-0.2, -0.15) is 0 Å². The van der Waals surface area contributed by atoms with Crippen molar-refractivity contribution in [3.8, 4) is 22.3 Å². The third-order valence-corrected chi connectivity index (χ3v) is 6.48. The van der Waals surface area contributed by atoms with Crippen molar-refractivity contribution in [3.05, 3.63) is 108 Å². The Morgan fingerprint density at radius 1 is 0.400 bits per heavy atom. The van der Waals surface area contributed by atoms with Crippen LogP contribution in [0.1, 0.15) is 11.1 Å². The van der Waals surface area contributed by atoms with Crippen molar-refractivity contribution in [2.45, 2.75) is 13.8 Å². The predicted octanol–water partition coefficient (Wildman–Crippen LogP) is 8.53. The van der Waals surface area contributed by atoms with E-state index in [0.717, 1.165) is 0 Å². The molecular formula is C30H22. The molecule has 0 aromatic heterocycles. The fraction of sp³-hybridized carbons (Fsp3) is 0.0667. The van der Waals surface area contributed by atoms with E-state index in [1.807, 2.05) is 0 Å². The molecule has 0 spiro atoms. The van der Waals surface area contributed by atoms with Crippen molar-refractivity contribution >= 4 is 32.3 Å². The molecule has 0 aliphatic rings. The van der Waals surface area contributed by atoms with E-state index in [2.05, 4.69) is 111 Å². The van der Waals surface area contributed by atoms with E-state index in [9.17, 15) is 0 Å². The lowest BCUT2D eigenvalue weighted by Gasteiger charge is -2.19. The van der Waals surface area contributed by atoms with Crippen LogP contribution in [0.5, 0.6) is 0 Å². The maximum atomic E-state index is 2.35. The Morgan fingerprint density at radius 3 is 1.17 bits per heavy atom. The molecule has 6 aromatic carbocycles. The molecule has 0 amide bonds. The minimum atomic E-state index is 1.28. The van der Waals surface area contributed by atoms with Crippen LogP contribution in [-0.2, 0) is 0 Å². The maximum absolute atomic E-state index is 2.35. The van der Waals surface area contributed by atoms with Crippen LogP contribution in [0.25, 0.3) is 54.6 Å². The molecule has 0 atom stereocenters. The number of benzene rings is 6. The summed E-state index contributed by atoms with van der Waals surface area (Å²) < 4.78 is 0. The van der Waals surface area contributed by atoms with Gasteiger partial charge in [0.2, 0.25) is 0 Å². The van der Waals surface area contributed by atoms with Crippen molar-refractivity contribution in [1.82, 2.24) is 0 Å². The van der Waals surface area contributed by atoms with E-state index >= 15 is 0 Å². The predicted molar refractivity (Wildman–Crippen MR) is 130 cm³/mol. The molecule has 0 aliphatic carbocycles. The topological polar surface area (TPSA) is 0 Å². The van der Waals surface area contributed by atoms with E-state index in [4.69, 9.17) is 0 Å². The lowest BCUT2D eigenvalue weighted by molar-refractivity contribution is 1.51. The Morgan fingerprint density at radius 2 is 0.767 bits per heavy atom.